The number of para-hydroxylation sites is 1. The van der Waals surface area contributed by atoms with E-state index in [0.29, 0.717) is 16.7 Å². The van der Waals surface area contributed by atoms with Crippen molar-refractivity contribution >= 4 is 23.4 Å². The van der Waals surface area contributed by atoms with E-state index < -0.39 is 6.61 Å². The topological polar surface area (TPSA) is 81.9 Å². The molecular formula is C23H19F2N5O2S. The molecule has 0 aliphatic rings. The Hall–Kier alpha value is -3.79. The van der Waals surface area contributed by atoms with Gasteiger partial charge in [-0.2, -0.15) is 8.78 Å². The number of carbonyl (C=O) groups is 1. The molecule has 10 heteroatoms. The lowest BCUT2D eigenvalue weighted by atomic mass is 10.2. The fourth-order valence-corrected chi connectivity index (χ4v) is 3.87. The van der Waals surface area contributed by atoms with Crippen LogP contribution < -0.4 is 10.1 Å². The van der Waals surface area contributed by atoms with Crippen LogP contribution in [0.2, 0.25) is 0 Å². The van der Waals surface area contributed by atoms with Gasteiger partial charge < -0.3 is 10.1 Å². The second-order valence-corrected chi connectivity index (χ2v) is 7.85. The Kier molecular flexibility index (Phi) is 6.94. The smallest absolute Gasteiger partial charge is 0.387 e. The number of rotatable bonds is 8. The number of carbonyl (C=O) groups excluding carboxylic acids is 1. The normalized spacial score (nSPS) is 10.9. The van der Waals surface area contributed by atoms with E-state index in [1.807, 2.05) is 47.9 Å². The number of hydrogen-bond acceptors (Lipinski definition) is 6. The Morgan fingerprint density at radius 1 is 1.09 bits per heavy atom. The number of anilines is 1. The second kappa shape index (κ2) is 10.2. The van der Waals surface area contributed by atoms with E-state index in [9.17, 15) is 13.6 Å². The van der Waals surface area contributed by atoms with Gasteiger partial charge in [0.1, 0.15) is 5.75 Å². The third kappa shape index (κ3) is 5.53. The number of amides is 1. The van der Waals surface area contributed by atoms with Gasteiger partial charge in [-0.05, 0) is 55.0 Å². The highest BCUT2D eigenvalue weighted by Gasteiger charge is 2.18. The van der Waals surface area contributed by atoms with Crippen LogP contribution in [0.15, 0.2) is 78.2 Å². The van der Waals surface area contributed by atoms with E-state index in [2.05, 4.69) is 25.2 Å². The van der Waals surface area contributed by atoms with E-state index in [1.54, 1.807) is 12.4 Å². The molecular weight excluding hydrogens is 448 g/mol. The third-order valence-electron chi connectivity index (χ3n) is 4.61. The summed E-state index contributed by atoms with van der Waals surface area (Å²) in [7, 11) is 0. The summed E-state index contributed by atoms with van der Waals surface area (Å²) in [5.41, 5.74) is 3.20. The minimum absolute atomic E-state index is 0.0200. The van der Waals surface area contributed by atoms with Crippen LogP contribution >= 0.6 is 11.8 Å². The molecule has 0 saturated heterocycles. The molecule has 4 aromatic rings. The highest BCUT2D eigenvalue weighted by molar-refractivity contribution is 7.99. The summed E-state index contributed by atoms with van der Waals surface area (Å²) in [6, 6.07) is 17.3. The zero-order valence-corrected chi connectivity index (χ0v) is 18.3. The molecule has 0 radical (unpaired) electrons. The van der Waals surface area contributed by atoms with E-state index >= 15 is 0 Å². The van der Waals surface area contributed by atoms with Crippen LogP contribution in [0.1, 0.15) is 5.56 Å². The fraction of sp³-hybridized carbons (Fsp3) is 0.130. The first-order chi connectivity index (χ1) is 16.0. The number of aromatic nitrogens is 4. The predicted molar refractivity (Wildman–Crippen MR) is 122 cm³/mol. The van der Waals surface area contributed by atoms with E-state index in [4.69, 9.17) is 0 Å². The van der Waals surface area contributed by atoms with Crippen molar-refractivity contribution in [2.45, 2.75) is 18.7 Å². The first-order valence-electron chi connectivity index (χ1n) is 9.90. The summed E-state index contributed by atoms with van der Waals surface area (Å²) in [6.07, 6.45) is 3.39. The number of thioether (sulfide) groups is 1. The highest BCUT2D eigenvalue weighted by atomic mass is 32.2. The zero-order chi connectivity index (χ0) is 23.2. The summed E-state index contributed by atoms with van der Waals surface area (Å²) in [4.78, 5) is 16.7. The Morgan fingerprint density at radius 2 is 1.88 bits per heavy atom. The number of nitrogens with one attached hydrogen (secondary N) is 1. The van der Waals surface area contributed by atoms with E-state index in [0.717, 1.165) is 16.8 Å². The molecule has 2 aromatic heterocycles. The van der Waals surface area contributed by atoms with Gasteiger partial charge in [-0.1, -0.05) is 30.0 Å². The minimum Gasteiger partial charge on any atom is -0.435 e. The van der Waals surface area contributed by atoms with Crippen molar-refractivity contribution in [3.05, 3.63) is 78.6 Å². The van der Waals surface area contributed by atoms with Crippen LogP contribution in [0, 0.1) is 6.92 Å². The molecule has 0 unspecified atom stereocenters. The Labute approximate surface area is 192 Å². The highest BCUT2D eigenvalue weighted by Crippen LogP contribution is 2.29. The molecule has 4 rings (SSSR count). The monoisotopic (exact) mass is 467 g/mol. The number of alkyl halides is 2. The molecule has 0 aliphatic heterocycles. The number of pyridine rings is 1. The van der Waals surface area contributed by atoms with Crippen molar-refractivity contribution in [1.82, 2.24) is 19.7 Å². The summed E-state index contributed by atoms with van der Waals surface area (Å²) in [5.74, 6) is 0.443. The van der Waals surface area contributed by atoms with E-state index in [-0.39, 0.29) is 17.4 Å². The molecule has 0 saturated carbocycles. The lowest BCUT2D eigenvalue weighted by Gasteiger charge is -2.13. The van der Waals surface area contributed by atoms with Crippen LogP contribution in [-0.2, 0) is 4.79 Å². The number of hydrogen-bond donors (Lipinski definition) is 1. The molecule has 2 aromatic carbocycles. The fourth-order valence-electron chi connectivity index (χ4n) is 3.12. The molecule has 168 valence electrons. The standard InChI is InChI=1S/C23H19F2N5O2S/c1-15-5-2-3-7-19(15)30-21(16-6-4-12-26-13-16)28-29-23(30)33-14-20(31)27-17-8-10-18(11-9-17)32-22(24)25/h2-13,22H,14H2,1H3,(H,27,31). The lowest BCUT2D eigenvalue weighted by molar-refractivity contribution is -0.113. The SMILES string of the molecule is Cc1ccccc1-n1c(SCC(=O)Nc2ccc(OC(F)F)cc2)nnc1-c1cccnc1. The maximum atomic E-state index is 12.5. The zero-order valence-electron chi connectivity index (χ0n) is 17.5. The van der Waals surface area contributed by atoms with Gasteiger partial charge in [0.15, 0.2) is 11.0 Å². The first kappa shape index (κ1) is 22.4. The average molecular weight is 468 g/mol. The van der Waals surface area contributed by atoms with Gasteiger partial charge in [0.2, 0.25) is 5.91 Å². The van der Waals surface area contributed by atoms with Crippen LogP contribution in [0.5, 0.6) is 5.75 Å². The number of aryl methyl sites for hydroxylation is 1. The Balaban J connectivity index is 1.52. The number of halogens is 2. The van der Waals surface area contributed by atoms with Crippen molar-refractivity contribution < 1.29 is 18.3 Å². The minimum atomic E-state index is -2.90. The summed E-state index contributed by atoms with van der Waals surface area (Å²) in [5, 5.41) is 11.9. The van der Waals surface area contributed by atoms with Gasteiger partial charge >= 0.3 is 6.61 Å². The van der Waals surface area contributed by atoms with Crippen molar-refractivity contribution in [2.75, 3.05) is 11.1 Å². The Morgan fingerprint density at radius 3 is 2.58 bits per heavy atom. The van der Waals surface area contributed by atoms with Gasteiger partial charge in [-0.3, -0.25) is 14.3 Å². The summed E-state index contributed by atoms with van der Waals surface area (Å²) < 4.78 is 30.8. The number of ether oxygens (including phenoxy) is 1. The molecule has 1 amide bonds. The largest absolute Gasteiger partial charge is 0.435 e. The van der Waals surface area contributed by atoms with E-state index in [1.165, 1.54) is 36.0 Å². The van der Waals surface area contributed by atoms with Gasteiger partial charge in [0.25, 0.3) is 0 Å². The molecule has 1 N–H and O–H groups in total. The number of nitrogens with zero attached hydrogens (tertiary/aromatic N) is 4. The molecule has 33 heavy (non-hydrogen) atoms. The van der Waals surface area contributed by atoms with Gasteiger partial charge in [-0.25, -0.2) is 0 Å². The molecule has 0 fully saturated rings. The van der Waals surface area contributed by atoms with Crippen LogP contribution in [0.3, 0.4) is 0 Å². The number of benzene rings is 2. The molecule has 0 atom stereocenters. The van der Waals surface area contributed by atoms with Crippen LogP contribution in [0.25, 0.3) is 17.1 Å². The van der Waals surface area contributed by atoms with Crippen LogP contribution in [0.4, 0.5) is 14.5 Å². The molecule has 0 spiro atoms. The van der Waals surface area contributed by atoms with Crippen molar-refractivity contribution in [1.29, 1.82) is 0 Å². The average Bonchev–Trinajstić information content (AvgIpc) is 3.23. The van der Waals surface area contributed by atoms with Crippen LogP contribution in [-0.4, -0.2) is 38.0 Å². The lowest BCUT2D eigenvalue weighted by Crippen LogP contribution is -2.14. The molecule has 2 heterocycles. The van der Waals surface area contributed by atoms with Crippen molar-refractivity contribution in [3.8, 4) is 22.8 Å². The predicted octanol–water partition coefficient (Wildman–Crippen LogP) is 4.97. The van der Waals surface area contributed by atoms with Crippen molar-refractivity contribution in [3.63, 3.8) is 0 Å². The third-order valence-corrected chi connectivity index (χ3v) is 5.53. The maximum Gasteiger partial charge on any atom is 0.387 e. The van der Waals surface area contributed by atoms with Gasteiger partial charge in [0.05, 0.1) is 11.4 Å². The van der Waals surface area contributed by atoms with Gasteiger partial charge in [-0.15, -0.1) is 10.2 Å². The quantitative estimate of drug-likeness (QED) is 0.369. The maximum absolute atomic E-state index is 12.5. The first-order valence-corrected chi connectivity index (χ1v) is 10.9. The summed E-state index contributed by atoms with van der Waals surface area (Å²) >= 11 is 1.24. The summed E-state index contributed by atoms with van der Waals surface area (Å²) in [6.45, 7) is -0.908. The van der Waals surface area contributed by atoms with Gasteiger partial charge in [0, 0.05) is 23.6 Å². The molecule has 0 aliphatic carbocycles. The molecule has 7 nitrogen and oxygen atoms in total. The van der Waals surface area contributed by atoms with Crippen molar-refractivity contribution in [2.24, 2.45) is 0 Å². The molecule has 0 bridgehead atoms. The Bertz CT molecular complexity index is 1230. The second-order valence-electron chi connectivity index (χ2n) is 6.91.